The van der Waals surface area contributed by atoms with Crippen molar-refractivity contribution in [2.45, 2.75) is 20.0 Å². The van der Waals surface area contributed by atoms with Gasteiger partial charge in [0.2, 0.25) is 5.91 Å². The lowest BCUT2D eigenvalue weighted by Crippen LogP contribution is -2.08. The molecule has 0 saturated carbocycles. The maximum Gasteiger partial charge on any atom is 0.248 e. The molecule has 6 heteroatoms. The quantitative estimate of drug-likeness (QED) is 0.679. The third-order valence-corrected chi connectivity index (χ3v) is 3.71. The number of nitrogens with one attached hydrogen (secondary N) is 1. The number of carbonyl (C=O) groups excluding carboxylic acids is 1. The van der Waals surface area contributed by atoms with E-state index in [9.17, 15) is 4.79 Å². The number of ether oxygens (including phenoxy) is 2. The molecule has 0 radical (unpaired) electrons. The fourth-order valence-electron chi connectivity index (χ4n) is 2.08. The Morgan fingerprint density at radius 3 is 2.52 bits per heavy atom. The molecule has 0 aliphatic rings. The van der Waals surface area contributed by atoms with E-state index >= 15 is 0 Å². The SMILES string of the molecule is COc1cc(/C=C/C(=O)Nc2ccc(Cl)cc2Cl)ccc1OC(C)C. The van der Waals surface area contributed by atoms with Crippen LogP contribution in [0.3, 0.4) is 0 Å². The summed E-state index contributed by atoms with van der Waals surface area (Å²) in [6, 6.07) is 10.3. The van der Waals surface area contributed by atoms with Crippen LogP contribution in [0.2, 0.25) is 10.0 Å². The number of hydrogen-bond acceptors (Lipinski definition) is 3. The number of halogens is 2. The summed E-state index contributed by atoms with van der Waals surface area (Å²) >= 11 is 11.9. The van der Waals surface area contributed by atoms with Crippen LogP contribution < -0.4 is 14.8 Å². The largest absolute Gasteiger partial charge is 0.493 e. The van der Waals surface area contributed by atoms with Crippen molar-refractivity contribution in [3.63, 3.8) is 0 Å². The fraction of sp³-hybridized carbons (Fsp3) is 0.211. The topological polar surface area (TPSA) is 47.6 Å². The van der Waals surface area contributed by atoms with Crippen LogP contribution >= 0.6 is 23.2 Å². The molecule has 0 unspecified atom stereocenters. The van der Waals surface area contributed by atoms with E-state index in [4.69, 9.17) is 32.7 Å². The molecule has 4 nitrogen and oxygen atoms in total. The summed E-state index contributed by atoms with van der Waals surface area (Å²) in [5.74, 6) is 0.967. The van der Waals surface area contributed by atoms with E-state index in [2.05, 4.69) is 5.32 Å². The van der Waals surface area contributed by atoms with Crippen molar-refractivity contribution in [3.8, 4) is 11.5 Å². The molecule has 0 fully saturated rings. The Hall–Kier alpha value is -2.17. The molecule has 0 aromatic heterocycles. The Kier molecular flexibility index (Phi) is 6.73. The molecule has 0 aliphatic heterocycles. The van der Waals surface area contributed by atoms with Crippen LogP contribution in [-0.2, 0) is 4.79 Å². The van der Waals surface area contributed by atoms with Gasteiger partial charge in [0.05, 0.1) is 23.9 Å². The third kappa shape index (κ3) is 5.69. The predicted molar refractivity (Wildman–Crippen MR) is 103 cm³/mol. The van der Waals surface area contributed by atoms with Crippen LogP contribution in [0.25, 0.3) is 6.08 Å². The van der Waals surface area contributed by atoms with E-state index in [1.807, 2.05) is 26.0 Å². The molecule has 25 heavy (non-hydrogen) atoms. The first kappa shape index (κ1) is 19.2. The average Bonchev–Trinajstić information content (AvgIpc) is 2.56. The van der Waals surface area contributed by atoms with Gasteiger partial charge in [0.25, 0.3) is 0 Å². The second-order valence-electron chi connectivity index (χ2n) is 5.52. The molecule has 2 aromatic rings. The van der Waals surface area contributed by atoms with E-state index in [0.717, 1.165) is 5.56 Å². The van der Waals surface area contributed by atoms with Gasteiger partial charge in [-0.05, 0) is 55.8 Å². The van der Waals surface area contributed by atoms with Crippen molar-refractivity contribution in [1.29, 1.82) is 0 Å². The summed E-state index contributed by atoms with van der Waals surface area (Å²) in [4.78, 5) is 12.0. The highest BCUT2D eigenvalue weighted by Crippen LogP contribution is 2.29. The predicted octanol–water partition coefficient (Wildman–Crippen LogP) is 5.44. The molecule has 1 N–H and O–H groups in total. The van der Waals surface area contributed by atoms with E-state index < -0.39 is 0 Å². The summed E-state index contributed by atoms with van der Waals surface area (Å²) in [5.41, 5.74) is 1.31. The third-order valence-electron chi connectivity index (χ3n) is 3.17. The minimum Gasteiger partial charge on any atom is -0.493 e. The second kappa shape index (κ2) is 8.79. The summed E-state index contributed by atoms with van der Waals surface area (Å²) in [7, 11) is 1.57. The van der Waals surface area contributed by atoms with Gasteiger partial charge in [-0.2, -0.15) is 0 Å². The van der Waals surface area contributed by atoms with E-state index in [-0.39, 0.29) is 12.0 Å². The Balaban J connectivity index is 2.08. The van der Waals surface area contributed by atoms with Gasteiger partial charge in [-0.3, -0.25) is 4.79 Å². The number of amides is 1. The number of methoxy groups -OCH3 is 1. The lowest BCUT2D eigenvalue weighted by atomic mass is 10.2. The molecule has 1 amide bonds. The lowest BCUT2D eigenvalue weighted by molar-refractivity contribution is -0.111. The van der Waals surface area contributed by atoms with Crippen molar-refractivity contribution in [1.82, 2.24) is 0 Å². The van der Waals surface area contributed by atoms with E-state index in [1.165, 1.54) is 6.08 Å². The van der Waals surface area contributed by atoms with Crippen molar-refractivity contribution >= 4 is 40.9 Å². The lowest BCUT2D eigenvalue weighted by Gasteiger charge is -2.13. The van der Waals surface area contributed by atoms with Crippen molar-refractivity contribution in [2.24, 2.45) is 0 Å². The molecular formula is C19H19Cl2NO3. The number of carbonyl (C=O) groups is 1. The first-order chi connectivity index (χ1) is 11.9. The Morgan fingerprint density at radius 1 is 1.12 bits per heavy atom. The van der Waals surface area contributed by atoms with Crippen LogP contribution in [0.4, 0.5) is 5.69 Å². The van der Waals surface area contributed by atoms with E-state index in [0.29, 0.717) is 27.2 Å². The zero-order valence-electron chi connectivity index (χ0n) is 14.2. The summed E-state index contributed by atoms with van der Waals surface area (Å²) in [5, 5.41) is 3.59. The average molecular weight is 380 g/mol. The molecule has 132 valence electrons. The molecule has 2 aromatic carbocycles. The summed E-state index contributed by atoms with van der Waals surface area (Å²) in [6.45, 7) is 3.89. The van der Waals surface area contributed by atoms with Gasteiger partial charge in [0, 0.05) is 11.1 Å². The van der Waals surface area contributed by atoms with Gasteiger partial charge in [-0.25, -0.2) is 0 Å². The Labute approximate surface area is 157 Å². The molecule has 0 heterocycles. The standard InChI is InChI=1S/C19H19Cl2NO3/c1-12(2)25-17-8-4-13(10-18(17)24-3)5-9-19(23)22-16-7-6-14(20)11-15(16)21/h4-12H,1-3H3,(H,22,23)/b9-5+. The first-order valence-corrected chi connectivity index (χ1v) is 8.43. The molecule has 0 bridgehead atoms. The zero-order chi connectivity index (χ0) is 18.4. The van der Waals surface area contributed by atoms with Gasteiger partial charge < -0.3 is 14.8 Å². The maximum atomic E-state index is 12.0. The van der Waals surface area contributed by atoms with Gasteiger partial charge in [0.15, 0.2) is 11.5 Å². The molecule has 2 rings (SSSR count). The van der Waals surface area contributed by atoms with Crippen molar-refractivity contribution in [3.05, 3.63) is 58.1 Å². The first-order valence-electron chi connectivity index (χ1n) is 7.68. The number of benzene rings is 2. The van der Waals surface area contributed by atoms with E-state index in [1.54, 1.807) is 37.5 Å². The van der Waals surface area contributed by atoms with Gasteiger partial charge in [-0.15, -0.1) is 0 Å². The summed E-state index contributed by atoms with van der Waals surface area (Å²) in [6.07, 6.45) is 3.15. The van der Waals surface area contributed by atoms with Gasteiger partial charge in [-0.1, -0.05) is 29.3 Å². The highest BCUT2D eigenvalue weighted by molar-refractivity contribution is 6.36. The molecule has 0 spiro atoms. The smallest absolute Gasteiger partial charge is 0.248 e. The zero-order valence-corrected chi connectivity index (χ0v) is 15.7. The van der Waals surface area contributed by atoms with Crippen LogP contribution in [-0.4, -0.2) is 19.1 Å². The second-order valence-corrected chi connectivity index (χ2v) is 6.37. The molecule has 0 aliphatic carbocycles. The monoisotopic (exact) mass is 379 g/mol. The number of hydrogen-bond donors (Lipinski definition) is 1. The maximum absolute atomic E-state index is 12.0. The molecular weight excluding hydrogens is 361 g/mol. The van der Waals surface area contributed by atoms with Crippen LogP contribution in [0.1, 0.15) is 19.4 Å². The minimum absolute atomic E-state index is 0.0465. The highest BCUT2D eigenvalue weighted by atomic mass is 35.5. The van der Waals surface area contributed by atoms with Gasteiger partial charge in [0.1, 0.15) is 0 Å². The van der Waals surface area contributed by atoms with Crippen LogP contribution in [0.15, 0.2) is 42.5 Å². The molecule has 0 atom stereocenters. The Bertz CT molecular complexity index is 788. The number of rotatable bonds is 6. The normalized spacial score (nSPS) is 11.0. The van der Waals surface area contributed by atoms with Crippen molar-refractivity contribution in [2.75, 3.05) is 12.4 Å². The molecule has 0 saturated heterocycles. The summed E-state index contributed by atoms with van der Waals surface area (Å²) < 4.78 is 11.0. The Morgan fingerprint density at radius 2 is 1.88 bits per heavy atom. The fourth-order valence-corrected chi connectivity index (χ4v) is 2.53. The van der Waals surface area contributed by atoms with Crippen LogP contribution in [0, 0.1) is 0 Å². The minimum atomic E-state index is -0.300. The van der Waals surface area contributed by atoms with Crippen molar-refractivity contribution < 1.29 is 14.3 Å². The van der Waals surface area contributed by atoms with Gasteiger partial charge >= 0.3 is 0 Å². The highest BCUT2D eigenvalue weighted by Gasteiger charge is 2.07. The number of anilines is 1. The van der Waals surface area contributed by atoms with Crippen LogP contribution in [0.5, 0.6) is 11.5 Å².